The largest absolute Gasteiger partial charge is 0.305 e. The molecule has 1 fully saturated rings. The van der Waals surface area contributed by atoms with Crippen molar-refractivity contribution in [1.29, 1.82) is 21.2 Å². The third-order valence-electron chi connectivity index (χ3n) is 5.26. The summed E-state index contributed by atoms with van der Waals surface area (Å²) in [4.78, 5) is 3.25. The molecule has 0 amide bonds. The quantitative estimate of drug-likeness (QED) is 0.846. The summed E-state index contributed by atoms with van der Waals surface area (Å²) in [6.07, 6.45) is 3.07. The maximum atomic E-state index is 9.90. The Morgan fingerprint density at radius 3 is 2.68 bits per heavy atom. The molecule has 0 aromatic carbocycles. The van der Waals surface area contributed by atoms with E-state index in [2.05, 4.69) is 30.0 Å². The molecule has 0 spiro atoms. The molecular weight excluding hydrogens is 330 g/mol. The van der Waals surface area contributed by atoms with Crippen LogP contribution < -0.4 is 0 Å². The van der Waals surface area contributed by atoms with Crippen LogP contribution >= 0.6 is 11.3 Å². The van der Waals surface area contributed by atoms with Gasteiger partial charge in [-0.15, -0.1) is 11.3 Å². The van der Waals surface area contributed by atoms with Crippen LogP contribution in [0.4, 0.5) is 0 Å². The van der Waals surface area contributed by atoms with E-state index in [9.17, 15) is 15.8 Å². The highest BCUT2D eigenvalue weighted by atomic mass is 32.1. The summed E-state index contributed by atoms with van der Waals surface area (Å²) in [5.74, 6) is -1.26. The monoisotopic (exact) mass is 349 g/mol. The first-order valence-electron chi connectivity index (χ1n) is 8.39. The lowest BCUT2D eigenvalue weighted by Gasteiger charge is -2.47. The predicted octanol–water partition coefficient (Wildman–Crippen LogP) is 3.31. The summed E-state index contributed by atoms with van der Waals surface area (Å²) in [5, 5.41) is 39.9. The van der Waals surface area contributed by atoms with Crippen molar-refractivity contribution < 1.29 is 0 Å². The molecule has 126 valence electrons. The van der Waals surface area contributed by atoms with E-state index < -0.39 is 17.3 Å². The summed E-state index contributed by atoms with van der Waals surface area (Å²) in [6, 6.07) is 10.3. The van der Waals surface area contributed by atoms with E-state index >= 15 is 0 Å². The van der Waals surface area contributed by atoms with Crippen LogP contribution in [0.1, 0.15) is 24.1 Å². The summed E-state index contributed by atoms with van der Waals surface area (Å²) in [7, 11) is 0. The average molecular weight is 349 g/mol. The van der Waals surface area contributed by atoms with E-state index in [4.69, 9.17) is 5.41 Å². The molecule has 3 rings (SSSR count). The van der Waals surface area contributed by atoms with E-state index in [0.29, 0.717) is 0 Å². The van der Waals surface area contributed by atoms with Crippen molar-refractivity contribution in [3.8, 4) is 18.2 Å². The Bertz CT molecular complexity index is 803. The molecule has 1 unspecified atom stereocenters. The van der Waals surface area contributed by atoms with E-state index in [0.717, 1.165) is 36.5 Å². The van der Waals surface area contributed by atoms with Crippen LogP contribution in [0.3, 0.4) is 0 Å². The highest BCUT2D eigenvalue weighted by Crippen LogP contribution is 2.54. The highest BCUT2D eigenvalue weighted by molar-refractivity contribution is 7.10. The van der Waals surface area contributed by atoms with Gasteiger partial charge in [-0.05, 0) is 30.0 Å². The molecule has 2 heterocycles. The first-order valence-corrected chi connectivity index (χ1v) is 9.27. The molecular formula is C19H19N5S. The highest BCUT2D eigenvalue weighted by Gasteiger charge is 2.58. The van der Waals surface area contributed by atoms with E-state index in [-0.39, 0.29) is 11.6 Å². The molecule has 5 nitrogen and oxygen atoms in total. The number of hydrogen-bond acceptors (Lipinski definition) is 6. The van der Waals surface area contributed by atoms with Gasteiger partial charge < -0.3 is 5.41 Å². The number of nitriles is 3. The van der Waals surface area contributed by atoms with Crippen LogP contribution in [-0.2, 0) is 0 Å². The molecule has 1 aliphatic carbocycles. The smallest absolute Gasteiger partial charge is 0.190 e. The van der Waals surface area contributed by atoms with Crippen molar-refractivity contribution in [3.63, 3.8) is 0 Å². The second-order valence-corrected chi connectivity index (χ2v) is 7.55. The van der Waals surface area contributed by atoms with Crippen LogP contribution in [0.15, 0.2) is 29.2 Å². The van der Waals surface area contributed by atoms with Crippen LogP contribution in [0.5, 0.6) is 0 Å². The first-order chi connectivity index (χ1) is 12.1. The van der Waals surface area contributed by atoms with Gasteiger partial charge in [-0.2, -0.15) is 15.8 Å². The lowest BCUT2D eigenvalue weighted by molar-refractivity contribution is 0.206. The predicted molar refractivity (Wildman–Crippen MR) is 95.9 cm³/mol. The van der Waals surface area contributed by atoms with Crippen molar-refractivity contribution in [1.82, 2.24) is 4.90 Å². The van der Waals surface area contributed by atoms with Crippen molar-refractivity contribution >= 4 is 17.0 Å². The Kier molecular flexibility index (Phi) is 4.73. The topological polar surface area (TPSA) is 98.5 Å². The minimum Gasteiger partial charge on any atom is -0.305 e. The molecule has 1 aromatic rings. The van der Waals surface area contributed by atoms with Crippen molar-refractivity contribution in [2.75, 3.05) is 19.6 Å². The van der Waals surface area contributed by atoms with Crippen molar-refractivity contribution in [2.45, 2.75) is 19.3 Å². The molecule has 1 aliphatic heterocycles. The summed E-state index contributed by atoms with van der Waals surface area (Å²) >= 11 is 1.52. The zero-order valence-electron chi connectivity index (χ0n) is 14.1. The zero-order valence-corrected chi connectivity index (χ0v) is 14.9. The van der Waals surface area contributed by atoms with Crippen LogP contribution in [0.2, 0.25) is 0 Å². The van der Waals surface area contributed by atoms with Gasteiger partial charge in [0.05, 0.1) is 23.9 Å². The molecule has 0 radical (unpaired) electrons. The maximum absolute atomic E-state index is 9.90. The second-order valence-electron chi connectivity index (χ2n) is 6.57. The molecule has 1 saturated carbocycles. The Balaban J connectivity index is 2.18. The average Bonchev–Trinajstić information content (AvgIpc) is 3.15. The van der Waals surface area contributed by atoms with E-state index in [1.807, 2.05) is 23.6 Å². The minimum absolute atomic E-state index is 0.0650. The van der Waals surface area contributed by atoms with Crippen molar-refractivity contribution in [2.24, 2.45) is 17.3 Å². The lowest BCUT2D eigenvalue weighted by Crippen LogP contribution is -2.52. The van der Waals surface area contributed by atoms with Gasteiger partial charge in [0.2, 0.25) is 0 Å². The third kappa shape index (κ3) is 2.57. The van der Waals surface area contributed by atoms with E-state index in [1.165, 1.54) is 11.3 Å². The second kappa shape index (κ2) is 6.81. The molecule has 1 N–H and O–H groups in total. The van der Waals surface area contributed by atoms with Gasteiger partial charge in [-0.25, -0.2) is 0 Å². The van der Waals surface area contributed by atoms with E-state index in [1.54, 1.807) is 0 Å². The molecule has 0 saturated heterocycles. The third-order valence-corrected chi connectivity index (χ3v) is 6.21. The normalized spacial score (nSPS) is 28.2. The first kappa shape index (κ1) is 17.4. The fraction of sp³-hybridized carbons (Fsp3) is 0.474. The van der Waals surface area contributed by atoms with Gasteiger partial charge in [-0.3, -0.25) is 4.90 Å². The maximum Gasteiger partial charge on any atom is 0.190 e. The van der Waals surface area contributed by atoms with Crippen molar-refractivity contribution in [3.05, 3.63) is 34.0 Å². The van der Waals surface area contributed by atoms with Gasteiger partial charge in [0.15, 0.2) is 5.41 Å². The Morgan fingerprint density at radius 1 is 1.36 bits per heavy atom. The number of nitrogens with zero attached hydrogens (tertiary/aromatic N) is 4. The van der Waals surface area contributed by atoms with Gasteiger partial charge in [0.25, 0.3) is 0 Å². The fourth-order valence-corrected chi connectivity index (χ4v) is 5.10. The zero-order chi connectivity index (χ0) is 18.0. The summed E-state index contributed by atoms with van der Waals surface area (Å²) in [6.45, 7) is 4.55. The van der Waals surface area contributed by atoms with Gasteiger partial charge in [-0.1, -0.05) is 19.1 Å². The van der Waals surface area contributed by atoms with Gasteiger partial charge in [0.1, 0.15) is 5.92 Å². The van der Waals surface area contributed by atoms with Gasteiger partial charge in [0, 0.05) is 29.8 Å². The number of nitrogens with one attached hydrogen (secondary N) is 1. The SMILES string of the molecule is CCCN1CC=C2C(C#N)C(=N)C(C#N)(C#N)[C@@H](c3cccs3)[C@H]2C1. The molecule has 3 atom stereocenters. The standard InChI is InChI=1S/C19H19N5S/c1-2-6-24-7-5-13-14(9-20)18(23)19(11-21,12-22)17(15(13)10-24)16-4-3-8-25-16/h3-5,8,14-15,17,23H,2,6-7,10H2,1H3/t14?,15-,17+/m0/s1. The number of thiophene rings is 1. The summed E-state index contributed by atoms with van der Waals surface area (Å²) < 4.78 is 0. The Hall–Kier alpha value is -2.46. The fourth-order valence-electron chi connectivity index (χ4n) is 4.14. The van der Waals surface area contributed by atoms with Crippen LogP contribution in [0.25, 0.3) is 0 Å². The minimum atomic E-state index is -1.58. The number of rotatable bonds is 3. The number of fused-ring (bicyclic) bond motifs is 1. The molecule has 0 bridgehead atoms. The Labute approximate surface area is 151 Å². The van der Waals surface area contributed by atoms with Crippen LogP contribution in [-0.4, -0.2) is 30.2 Å². The molecule has 1 aromatic heterocycles. The van der Waals surface area contributed by atoms with Crippen LogP contribution in [0, 0.1) is 56.7 Å². The van der Waals surface area contributed by atoms with Gasteiger partial charge >= 0.3 is 0 Å². The molecule has 25 heavy (non-hydrogen) atoms. The molecule has 2 aliphatic rings. The number of hydrogen-bond donors (Lipinski definition) is 1. The lowest BCUT2D eigenvalue weighted by atomic mass is 9.55. The Morgan fingerprint density at radius 2 is 2.12 bits per heavy atom. The summed E-state index contributed by atoms with van der Waals surface area (Å²) in [5.41, 5.74) is -0.730. The molecule has 6 heteroatoms.